The zero-order valence-corrected chi connectivity index (χ0v) is 6.69. The summed E-state index contributed by atoms with van der Waals surface area (Å²) in [6, 6.07) is 0. The van der Waals surface area contributed by atoms with Gasteiger partial charge in [0.2, 0.25) is 5.91 Å². The van der Waals surface area contributed by atoms with E-state index in [1.165, 1.54) is 5.57 Å². The van der Waals surface area contributed by atoms with Crippen LogP contribution >= 0.6 is 0 Å². The van der Waals surface area contributed by atoms with Crippen molar-refractivity contribution in [2.24, 2.45) is 5.92 Å². The molecule has 1 rings (SSSR count). The Labute approximate surface area is 61.3 Å². The van der Waals surface area contributed by atoms with Gasteiger partial charge in [-0.25, -0.2) is 0 Å². The van der Waals surface area contributed by atoms with Gasteiger partial charge in [-0.05, 0) is 18.4 Å². The van der Waals surface area contributed by atoms with Crippen LogP contribution in [-0.4, -0.2) is 5.91 Å². The van der Waals surface area contributed by atoms with Crippen molar-refractivity contribution < 1.29 is 4.79 Å². The Morgan fingerprint density at radius 2 is 2.10 bits per heavy atom. The molecular weight excluding hydrogens is 126 g/mol. The van der Waals surface area contributed by atoms with E-state index in [4.69, 9.17) is 0 Å². The first-order valence-corrected chi connectivity index (χ1v) is 3.60. The molecule has 10 heavy (non-hydrogen) atoms. The summed E-state index contributed by atoms with van der Waals surface area (Å²) in [5.74, 6) is 0.639. The maximum absolute atomic E-state index is 10.8. The first kappa shape index (κ1) is 7.32. The van der Waals surface area contributed by atoms with Crippen LogP contribution in [0.4, 0.5) is 0 Å². The average molecular weight is 139 g/mol. The highest BCUT2D eigenvalue weighted by molar-refractivity contribution is 5.83. The predicted molar refractivity (Wildman–Crippen MR) is 40.3 cm³/mol. The molecule has 0 aromatic carbocycles. The molecule has 0 aromatic heterocycles. The average Bonchev–Trinajstić information content (AvgIpc) is 2.10. The van der Waals surface area contributed by atoms with Gasteiger partial charge in [0.1, 0.15) is 0 Å². The van der Waals surface area contributed by atoms with Crippen molar-refractivity contribution in [2.45, 2.75) is 27.2 Å². The molecular formula is C8H13NO. The molecule has 56 valence electrons. The number of allylic oxidation sites excluding steroid dienone is 1. The van der Waals surface area contributed by atoms with Crippen LogP contribution in [0.25, 0.3) is 0 Å². The SMILES string of the molecule is CC1=C(C(C)C)CC(=O)N1. The van der Waals surface area contributed by atoms with Gasteiger partial charge in [-0.1, -0.05) is 13.8 Å². The molecule has 1 aliphatic heterocycles. The third-order valence-corrected chi connectivity index (χ3v) is 1.86. The molecule has 1 heterocycles. The summed E-state index contributed by atoms with van der Waals surface area (Å²) in [5.41, 5.74) is 2.31. The van der Waals surface area contributed by atoms with Crippen LogP contribution in [0.3, 0.4) is 0 Å². The molecule has 2 heteroatoms. The van der Waals surface area contributed by atoms with Gasteiger partial charge in [0.05, 0.1) is 6.42 Å². The second-order valence-electron chi connectivity index (χ2n) is 3.03. The molecule has 0 radical (unpaired) electrons. The van der Waals surface area contributed by atoms with E-state index >= 15 is 0 Å². The zero-order chi connectivity index (χ0) is 7.72. The van der Waals surface area contributed by atoms with Crippen molar-refractivity contribution in [1.29, 1.82) is 0 Å². The standard InChI is InChI=1S/C8H13NO/c1-5(2)7-4-8(10)9-6(7)3/h5H,4H2,1-3H3,(H,9,10). The Bertz CT molecular complexity index is 191. The van der Waals surface area contributed by atoms with Crippen LogP contribution in [-0.2, 0) is 4.79 Å². The molecule has 0 fully saturated rings. The zero-order valence-electron chi connectivity index (χ0n) is 6.69. The number of carbonyl (C=O) groups is 1. The van der Waals surface area contributed by atoms with Gasteiger partial charge in [0.15, 0.2) is 0 Å². The third-order valence-electron chi connectivity index (χ3n) is 1.86. The van der Waals surface area contributed by atoms with Crippen LogP contribution in [0.1, 0.15) is 27.2 Å². The summed E-state index contributed by atoms with van der Waals surface area (Å²) in [4.78, 5) is 10.8. The van der Waals surface area contributed by atoms with E-state index in [0.29, 0.717) is 12.3 Å². The predicted octanol–water partition coefficient (Wildman–Crippen LogP) is 1.44. The van der Waals surface area contributed by atoms with Gasteiger partial charge < -0.3 is 5.32 Å². The Morgan fingerprint density at radius 3 is 2.30 bits per heavy atom. The van der Waals surface area contributed by atoms with Gasteiger partial charge in [-0.2, -0.15) is 0 Å². The summed E-state index contributed by atoms with van der Waals surface area (Å²) >= 11 is 0. The second-order valence-corrected chi connectivity index (χ2v) is 3.03. The first-order valence-electron chi connectivity index (χ1n) is 3.60. The molecule has 0 unspecified atom stereocenters. The number of hydrogen-bond donors (Lipinski definition) is 1. The molecule has 0 atom stereocenters. The van der Waals surface area contributed by atoms with Crippen molar-refractivity contribution in [3.63, 3.8) is 0 Å². The van der Waals surface area contributed by atoms with Crippen molar-refractivity contribution >= 4 is 5.91 Å². The summed E-state index contributed by atoms with van der Waals surface area (Å²) < 4.78 is 0. The van der Waals surface area contributed by atoms with E-state index in [2.05, 4.69) is 19.2 Å². The van der Waals surface area contributed by atoms with Crippen molar-refractivity contribution in [3.05, 3.63) is 11.3 Å². The van der Waals surface area contributed by atoms with Crippen molar-refractivity contribution in [3.8, 4) is 0 Å². The Hall–Kier alpha value is -0.790. The summed E-state index contributed by atoms with van der Waals surface area (Å²) in [6.07, 6.45) is 0.601. The van der Waals surface area contributed by atoms with Crippen LogP contribution < -0.4 is 5.32 Å². The lowest BCUT2D eigenvalue weighted by molar-refractivity contribution is -0.118. The monoisotopic (exact) mass is 139 g/mol. The smallest absolute Gasteiger partial charge is 0.228 e. The summed E-state index contributed by atoms with van der Waals surface area (Å²) in [5, 5.41) is 2.79. The normalized spacial score (nSPS) is 18.6. The molecule has 1 aliphatic rings. The molecule has 1 N–H and O–H groups in total. The lowest BCUT2D eigenvalue weighted by Gasteiger charge is -2.04. The minimum Gasteiger partial charge on any atom is -0.330 e. The number of nitrogens with one attached hydrogen (secondary N) is 1. The van der Waals surface area contributed by atoms with Crippen molar-refractivity contribution in [1.82, 2.24) is 5.32 Å². The molecule has 2 nitrogen and oxygen atoms in total. The Balaban J connectivity index is 2.75. The van der Waals surface area contributed by atoms with E-state index < -0.39 is 0 Å². The van der Waals surface area contributed by atoms with Crippen LogP contribution in [0, 0.1) is 5.92 Å². The van der Waals surface area contributed by atoms with E-state index in [-0.39, 0.29) is 5.91 Å². The summed E-state index contributed by atoms with van der Waals surface area (Å²) in [7, 11) is 0. The highest BCUT2D eigenvalue weighted by atomic mass is 16.1. The Morgan fingerprint density at radius 1 is 1.50 bits per heavy atom. The maximum atomic E-state index is 10.8. The number of hydrogen-bond acceptors (Lipinski definition) is 1. The molecule has 0 bridgehead atoms. The lowest BCUT2D eigenvalue weighted by Crippen LogP contribution is -2.12. The topological polar surface area (TPSA) is 29.1 Å². The van der Waals surface area contributed by atoms with E-state index in [9.17, 15) is 4.79 Å². The van der Waals surface area contributed by atoms with Gasteiger partial charge in [0, 0.05) is 5.70 Å². The van der Waals surface area contributed by atoms with Gasteiger partial charge >= 0.3 is 0 Å². The fourth-order valence-corrected chi connectivity index (χ4v) is 1.28. The van der Waals surface area contributed by atoms with Crippen LogP contribution in [0.2, 0.25) is 0 Å². The Kier molecular flexibility index (Phi) is 1.79. The minimum absolute atomic E-state index is 0.140. The van der Waals surface area contributed by atoms with Gasteiger partial charge in [0.25, 0.3) is 0 Å². The quantitative estimate of drug-likeness (QED) is 0.585. The molecule has 0 saturated heterocycles. The van der Waals surface area contributed by atoms with Gasteiger partial charge in [-0.3, -0.25) is 4.79 Å². The molecule has 0 aromatic rings. The molecule has 0 saturated carbocycles. The van der Waals surface area contributed by atoms with E-state index in [0.717, 1.165) is 5.70 Å². The maximum Gasteiger partial charge on any atom is 0.228 e. The van der Waals surface area contributed by atoms with E-state index in [1.807, 2.05) is 6.92 Å². The number of rotatable bonds is 1. The van der Waals surface area contributed by atoms with Crippen LogP contribution in [0.5, 0.6) is 0 Å². The highest BCUT2D eigenvalue weighted by Crippen LogP contribution is 2.21. The molecule has 0 aliphatic carbocycles. The van der Waals surface area contributed by atoms with Gasteiger partial charge in [-0.15, -0.1) is 0 Å². The minimum atomic E-state index is 0.140. The van der Waals surface area contributed by atoms with Crippen LogP contribution in [0.15, 0.2) is 11.3 Å². The fourth-order valence-electron chi connectivity index (χ4n) is 1.28. The second kappa shape index (κ2) is 2.45. The third kappa shape index (κ3) is 1.20. The largest absolute Gasteiger partial charge is 0.330 e. The van der Waals surface area contributed by atoms with E-state index in [1.54, 1.807) is 0 Å². The fraction of sp³-hybridized carbons (Fsp3) is 0.625. The number of carbonyl (C=O) groups excluding carboxylic acids is 1. The highest BCUT2D eigenvalue weighted by Gasteiger charge is 2.19. The van der Waals surface area contributed by atoms with Crippen molar-refractivity contribution in [2.75, 3.05) is 0 Å². The molecule has 0 spiro atoms. The number of amides is 1. The lowest BCUT2D eigenvalue weighted by atomic mass is 10.0. The summed E-state index contributed by atoms with van der Waals surface area (Å²) in [6.45, 7) is 6.18. The molecule has 1 amide bonds. The first-order chi connectivity index (χ1) is 4.61.